The summed E-state index contributed by atoms with van der Waals surface area (Å²) in [6.07, 6.45) is 1.26. The fourth-order valence-electron chi connectivity index (χ4n) is 2.05. The molecule has 0 bridgehead atoms. The van der Waals surface area contributed by atoms with Crippen LogP contribution in [0, 0.1) is 0 Å². The van der Waals surface area contributed by atoms with E-state index in [2.05, 4.69) is 20.9 Å². The van der Waals surface area contributed by atoms with Crippen LogP contribution in [-0.2, 0) is 14.7 Å². The molecule has 0 aliphatic carbocycles. The third kappa shape index (κ3) is 6.69. The van der Waals surface area contributed by atoms with Gasteiger partial charge in [0, 0.05) is 21.6 Å². The number of rotatable bonds is 7. The molecule has 0 atom stereocenters. The first-order valence-corrected chi connectivity index (χ1v) is 11.0. The van der Waals surface area contributed by atoms with Gasteiger partial charge in [-0.25, -0.2) is 9.78 Å². The van der Waals surface area contributed by atoms with Gasteiger partial charge < -0.3 is 14.2 Å². The molecule has 158 valence electrons. The zero-order valence-corrected chi connectivity index (χ0v) is 19.4. The van der Waals surface area contributed by atoms with Crippen molar-refractivity contribution >= 4 is 41.0 Å². The van der Waals surface area contributed by atoms with E-state index < -0.39 is 20.0 Å². The van der Waals surface area contributed by atoms with Crippen LogP contribution in [-0.4, -0.2) is 29.3 Å². The fraction of sp³-hybridized carbons (Fsp3) is 0.474. The molecule has 0 saturated heterocycles. The number of carboxylic acid groups (broad SMARTS) is 1. The van der Waals surface area contributed by atoms with E-state index in [1.54, 1.807) is 13.8 Å². The molecule has 0 saturated carbocycles. The molecule has 1 aromatic heterocycles. The van der Waals surface area contributed by atoms with Crippen molar-refractivity contribution in [2.75, 3.05) is 13.2 Å². The minimum atomic E-state index is -3.33. The van der Waals surface area contributed by atoms with Gasteiger partial charge in [0.1, 0.15) is 5.69 Å². The number of nitrogens with zero attached hydrogens (tertiary/aromatic N) is 1. The van der Waals surface area contributed by atoms with Crippen molar-refractivity contribution in [3.63, 3.8) is 0 Å². The molecule has 0 spiro atoms. The molecule has 2 aromatic rings. The predicted molar refractivity (Wildman–Crippen MR) is 113 cm³/mol. The van der Waals surface area contributed by atoms with Gasteiger partial charge in [-0.15, -0.1) is 0 Å². The number of carboxylic acids is 1. The van der Waals surface area contributed by atoms with Crippen LogP contribution >= 0.6 is 24.3 Å². The molecule has 28 heavy (non-hydrogen) atoms. The molecule has 1 heterocycles. The number of aromatic carboxylic acids is 1. The first kappa shape index (κ1) is 26.8. The number of fused-ring (bicyclic) bond motifs is 1. The second-order valence-electron chi connectivity index (χ2n) is 4.69. The molecular formula is C19H27BrF2NO4P. The number of pyridine rings is 1. The van der Waals surface area contributed by atoms with Crippen LogP contribution in [0.5, 0.6) is 0 Å². The number of halogens is 3. The summed E-state index contributed by atoms with van der Waals surface area (Å²) >= 11 is 3.14. The van der Waals surface area contributed by atoms with Gasteiger partial charge in [-0.05, 0) is 37.4 Å². The third-order valence-electron chi connectivity index (χ3n) is 3.07. The van der Waals surface area contributed by atoms with E-state index in [0.29, 0.717) is 10.8 Å². The summed E-state index contributed by atoms with van der Waals surface area (Å²) in [5.41, 5.74) is -3.77. The molecule has 0 fully saturated rings. The first-order valence-electron chi connectivity index (χ1n) is 9.08. The van der Waals surface area contributed by atoms with Crippen LogP contribution in [0.15, 0.2) is 28.9 Å². The van der Waals surface area contributed by atoms with E-state index >= 15 is 0 Å². The van der Waals surface area contributed by atoms with Gasteiger partial charge in [-0.2, -0.15) is 8.78 Å². The quantitative estimate of drug-likeness (QED) is 0.424. The maximum Gasteiger partial charge on any atom is 0.354 e. The van der Waals surface area contributed by atoms with E-state index in [-0.39, 0.29) is 28.9 Å². The highest BCUT2D eigenvalue weighted by atomic mass is 79.9. The Balaban J connectivity index is 0.00000171. The SMILES string of the molecule is CC.CC.CCOP(OCC)C(F)(F)c1cc2cnc(C(=O)O)cc2cc1Br. The number of hydrogen-bond acceptors (Lipinski definition) is 4. The Bertz CT molecular complexity index is 756. The lowest BCUT2D eigenvalue weighted by atomic mass is 10.1. The number of carbonyl (C=O) groups is 1. The van der Waals surface area contributed by atoms with Gasteiger partial charge in [0.2, 0.25) is 0 Å². The average molecular weight is 482 g/mol. The summed E-state index contributed by atoms with van der Waals surface area (Å²) < 4.78 is 40.0. The summed E-state index contributed by atoms with van der Waals surface area (Å²) in [5, 5.41) is 9.86. The number of alkyl halides is 2. The zero-order chi connectivity index (χ0) is 21.9. The third-order valence-corrected chi connectivity index (χ3v) is 5.41. The molecule has 0 radical (unpaired) electrons. The van der Waals surface area contributed by atoms with Crippen molar-refractivity contribution < 1.29 is 27.7 Å². The van der Waals surface area contributed by atoms with E-state index in [1.165, 1.54) is 24.4 Å². The minimum absolute atomic E-state index is 0.107. The second kappa shape index (κ2) is 13.1. The molecule has 5 nitrogen and oxygen atoms in total. The second-order valence-corrected chi connectivity index (χ2v) is 7.13. The highest BCUT2D eigenvalue weighted by molar-refractivity contribution is 9.10. The molecule has 0 unspecified atom stereocenters. The van der Waals surface area contributed by atoms with Gasteiger partial charge in [0.05, 0.1) is 13.2 Å². The van der Waals surface area contributed by atoms with Gasteiger partial charge in [0.15, 0.2) is 0 Å². The highest BCUT2D eigenvalue weighted by Crippen LogP contribution is 2.61. The van der Waals surface area contributed by atoms with Crippen LogP contribution in [0.4, 0.5) is 8.78 Å². The lowest BCUT2D eigenvalue weighted by Gasteiger charge is -2.26. The maximum atomic E-state index is 14.8. The normalized spacial score (nSPS) is 10.8. The van der Waals surface area contributed by atoms with E-state index in [4.69, 9.17) is 14.2 Å². The van der Waals surface area contributed by atoms with Gasteiger partial charge in [-0.3, -0.25) is 0 Å². The Hall–Kier alpha value is -1.21. The predicted octanol–water partition coefficient (Wildman–Crippen LogP) is 7.18. The number of hydrogen-bond donors (Lipinski definition) is 1. The standard InChI is InChI=1S/C15H15BrF2NO4P.2C2H6/c1-3-22-24(23-4-2)15(17,18)11-5-10-8-19-13(14(20)21)7-9(10)6-12(11)16;2*1-2/h5-8H,3-4H2,1-2H3,(H,20,21);2*1-2H3. The molecule has 0 amide bonds. The average Bonchev–Trinajstić information content (AvgIpc) is 2.69. The van der Waals surface area contributed by atoms with Crippen molar-refractivity contribution in [1.29, 1.82) is 0 Å². The van der Waals surface area contributed by atoms with Crippen molar-refractivity contribution in [1.82, 2.24) is 4.98 Å². The van der Waals surface area contributed by atoms with Crippen LogP contribution < -0.4 is 0 Å². The highest BCUT2D eigenvalue weighted by Gasteiger charge is 2.46. The molecule has 1 N–H and O–H groups in total. The van der Waals surface area contributed by atoms with E-state index in [1.807, 2.05) is 27.7 Å². The van der Waals surface area contributed by atoms with Gasteiger partial charge in [-0.1, -0.05) is 43.6 Å². The Morgan fingerprint density at radius 2 is 1.64 bits per heavy atom. The Morgan fingerprint density at radius 3 is 2.11 bits per heavy atom. The van der Waals surface area contributed by atoms with Gasteiger partial charge >= 0.3 is 11.6 Å². The maximum absolute atomic E-state index is 14.8. The summed E-state index contributed by atoms with van der Waals surface area (Å²) in [5.74, 6) is -1.18. The van der Waals surface area contributed by atoms with Crippen molar-refractivity contribution in [2.45, 2.75) is 47.2 Å². The Kier molecular flexibility index (Phi) is 12.5. The zero-order valence-electron chi connectivity index (χ0n) is 16.9. The topological polar surface area (TPSA) is 68.7 Å². The molecule has 9 heteroatoms. The van der Waals surface area contributed by atoms with Crippen LogP contribution in [0.2, 0.25) is 0 Å². The largest absolute Gasteiger partial charge is 0.477 e. The molecule has 2 rings (SSSR count). The molecule has 0 aliphatic heterocycles. The molecular weight excluding hydrogens is 455 g/mol. The molecule has 0 aliphatic rings. The Morgan fingerprint density at radius 1 is 1.11 bits per heavy atom. The number of aromatic nitrogens is 1. The summed E-state index contributed by atoms with van der Waals surface area (Å²) in [4.78, 5) is 14.7. The van der Waals surface area contributed by atoms with Crippen molar-refractivity contribution in [2.24, 2.45) is 0 Å². The lowest BCUT2D eigenvalue weighted by molar-refractivity contribution is 0.0564. The first-order chi connectivity index (χ1) is 13.3. The van der Waals surface area contributed by atoms with Crippen LogP contribution in [0.3, 0.4) is 0 Å². The van der Waals surface area contributed by atoms with E-state index in [9.17, 15) is 13.6 Å². The molecule has 1 aromatic carbocycles. The van der Waals surface area contributed by atoms with Crippen LogP contribution in [0.1, 0.15) is 57.6 Å². The Labute approximate surface area is 174 Å². The summed E-state index contributed by atoms with van der Waals surface area (Å²) in [6, 6.07) is 4.04. The smallest absolute Gasteiger partial charge is 0.354 e. The van der Waals surface area contributed by atoms with Gasteiger partial charge in [0.25, 0.3) is 8.38 Å². The van der Waals surface area contributed by atoms with Crippen molar-refractivity contribution in [3.8, 4) is 0 Å². The lowest BCUT2D eigenvalue weighted by Crippen LogP contribution is -2.15. The number of benzene rings is 1. The van der Waals surface area contributed by atoms with E-state index in [0.717, 1.165) is 0 Å². The minimum Gasteiger partial charge on any atom is -0.477 e. The van der Waals surface area contributed by atoms with Crippen molar-refractivity contribution in [3.05, 3.63) is 40.1 Å². The van der Waals surface area contributed by atoms with Crippen LogP contribution in [0.25, 0.3) is 10.8 Å². The summed E-state index contributed by atoms with van der Waals surface area (Å²) in [7, 11) is -2.45. The summed E-state index contributed by atoms with van der Waals surface area (Å²) in [6.45, 7) is 11.5. The fourth-order valence-corrected chi connectivity index (χ4v) is 4.06. The monoisotopic (exact) mass is 481 g/mol.